The van der Waals surface area contributed by atoms with Crippen LogP contribution in [0.1, 0.15) is 96.9 Å². The van der Waals surface area contributed by atoms with Gasteiger partial charge < -0.3 is 14.9 Å². The molecule has 0 radical (unpaired) electrons. The molecule has 0 bridgehead atoms. The second-order valence-corrected chi connectivity index (χ2v) is 10.6. The molecule has 0 atom stereocenters. The fourth-order valence-electron chi connectivity index (χ4n) is 4.27. The third-order valence-electron chi connectivity index (χ3n) is 6.25. The fourth-order valence-corrected chi connectivity index (χ4v) is 4.27. The normalized spacial score (nSPS) is 12.6. The Morgan fingerprint density at radius 1 is 0.833 bits per heavy atom. The number of fused-ring (bicyclic) bond motifs is 3. The first-order valence-electron chi connectivity index (χ1n) is 11.9. The molecule has 0 fully saturated rings. The van der Waals surface area contributed by atoms with E-state index < -0.39 is 0 Å². The Morgan fingerprint density at radius 3 is 1.89 bits per heavy atom. The Morgan fingerprint density at radius 2 is 1.42 bits per heavy atom. The molecular formula is C32H48Cl2SiTi-4. The molecule has 2 aliphatic carbocycles. The summed E-state index contributed by atoms with van der Waals surface area (Å²) >= 11 is 2.03. The molecule has 0 aliphatic heterocycles. The number of allylic oxidation sites excluding steroid dienone is 4. The van der Waals surface area contributed by atoms with E-state index in [2.05, 4.69) is 104 Å². The SMILES string of the molecule is CC(C)(C)c1[c-]c2c(cc1)-c1ccc(C(C)(C)C)cc1C2.CCC1=[C-]CC=C1CC.Cl.Cl.[CH3-].[CH3-].[SiH2]=[Ti]. The molecule has 2 aromatic carbocycles. The molecule has 0 saturated carbocycles. The first-order chi connectivity index (χ1) is 15.0. The topological polar surface area (TPSA) is 0 Å². The molecule has 4 rings (SSSR count). The molecule has 0 spiro atoms. The summed E-state index contributed by atoms with van der Waals surface area (Å²) in [6, 6.07) is 15.2. The standard InChI is InChI=1S/C21H25.C9H13.2CH3.2ClH.H2Si.Ti/c1-20(2,3)16-7-9-18-14(12-16)11-15-13-17(21(4,5)6)8-10-19(15)18;1-3-8-6-5-7-9(8)4-2;;;;;;/h7-10,12H,11H2,1-6H3;6H,3-5H2,1-2H3;2*1H3;2*1H;1H2;/q4*-1;;;;. The van der Waals surface area contributed by atoms with Gasteiger partial charge >= 0.3 is 26.8 Å². The molecule has 0 unspecified atom stereocenters. The Labute approximate surface area is 250 Å². The Hall–Kier alpha value is -0.569. The van der Waals surface area contributed by atoms with Crippen molar-refractivity contribution < 1.29 is 19.2 Å². The molecule has 0 aromatic heterocycles. The number of benzene rings is 2. The van der Waals surface area contributed by atoms with Crippen LogP contribution < -0.4 is 0 Å². The summed E-state index contributed by atoms with van der Waals surface area (Å²) in [4.78, 5) is 0. The van der Waals surface area contributed by atoms with Gasteiger partial charge in [-0.2, -0.15) is 35.4 Å². The van der Waals surface area contributed by atoms with Gasteiger partial charge in [0.25, 0.3) is 0 Å². The summed E-state index contributed by atoms with van der Waals surface area (Å²) < 4.78 is 0. The molecule has 4 heteroatoms. The summed E-state index contributed by atoms with van der Waals surface area (Å²) in [7, 11) is 1.86. The van der Waals surface area contributed by atoms with Gasteiger partial charge in [-0.25, -0.2) is 5.57 Å². The van der Waals surface area contributed by atoms with Crippen molar-refractivity contribution in [2.45, 2.75) is 91.9 Å². The Kier molecular flexibility index (Phi) is 19.0. The molecule has 0 nitrogen and oxygen atoms in total. The van der Waals surface area contributed by atoms with Gasteiger partial charge in [0.15, 0.2) is 0 Å². The summed E-state index contributed by atoms with van der Waals surface area (Å²) in [5, 5.41) is 0. The van der Waals surface area contributed by atoms with Crippen LogP contribution in [-0.4, -0.2) is 7.63 Å². The Balaban J connectivity index is -0.000000626. The van der Waals surface area contributed by atoms with Crippen molar-refractivity contribution in [3.05, 3.63) is 96.8 Å². The van der Waals surface area contributed by atoms with Gasteiger partial charge in [0.2, 0.25) is 0 Å². The van der Waals surface area contributed by atoms with Crippen molar-refractivity contribution in [1.82, 2.24) is 0 Å². The average molecular weight is 580 g/mol. The molecule has 36 heavy (non-hydrogen) atoms. The fraction of sp³-hybridized carbons (Fsp3) is 0.438. The third-order valence-corrected chi connectivity index (χ3v) is 6.25. The number of rotatable bonds is 2. The van der Waals surface area contributed by atoms with Crippen LogP contribution in [0.5, 0.6) is 0 Å². The summed E-state index contributed by atoms with van der Waals surface area (Å²) in [5.74, 6) is 0. The van der Waals surface area contributed by atoms with Crippen molar-refractivity contribution in [1.29, 1.82) is 0 Å². The van der Waals surface area contributed by atoms with Crippen molar-refractivity contribution >= 4 is 32.4 Å². The van der Waals surface area contributed by atoms with Gasteiger partial charge in [-0.1, -0.05) is 92.0 Å². The van der Waals surface area contributed by atoms with Gasteiger partial charge in [-0.15, -0.1) is 42.4 Å². The second kappa shape index (κ2) is 17.1. The minimum atomic E-state index is 0. The van der Waals surface area contributed by atoms with Crippen LogP contribution in [-0.2, 0) is 36.4 Å². The maximum absolute atomic E-state index is 3.67. The molecule has 0 heterocycles. The van der Waals surface area contributed by atoms with E-state index >= 15 is 0 Å². The second-order valence-electron chi connectivity index (χ2n) is 10.6. The minimum absolute atomic E-state index is 0. The van der Waals surface area contributed by atoms with Crippen LogP contribution in [0.4, 0.5) is 0 Å². The van der Waals surface area contributed by atoms with Crippen molar-refractivity contribution in [3.63, 3.8) is 0 Å². The Bertz CT molecular complexity index is 928. The predicted molar refractivity (Wildman–Crippen MR) is 167 cm³/mol. The van der Waals surface area contributed by atoms with E-state index in [1.807, 2.05) is 26.8 Å². The molecule has 0 amide bonds. The van der Waals surface area contributed by atoms with Crippen molar-refractivity contribution in [3.8, 4) is 11.1 Å². The van der Waals surface area contributed by atoms with Crippen LogP contribution in [0, 0.1) is 27.0 Å². The van der Waals surface area contributed by atoms with E-state index in [1.165, 1.54) is 50.9 Å². The van der Waals surface area contributed by atoms with Gasteiger partial charge in [-0.05, 0) is 28.4 Å². The molecule has 2 aromatic rings. The first-order valence-corrected chi connectivity index (χ1v) is 15.9. The summed E-state index contributed by atoms with van der Waals surface area (Å²) in [5.41, 5.74) is 11.7. The van der Waals surface area contributed by atoms with Gasteiger partial charge in [0.1, 0.15) is 0 Å². The predicted octanol–water partition coefficient (Wildman–Crippen LogP) is 9.34. The van der Waals surface area contributed by atoms with Crippen LogP contribution in [0.15, 0.2) is 47.6 Å². The van der Waals surface area contributed by atoms with Gasteiger partial charge in [-0.3, -0.25) is 6.08 Å². The molecule has 202 valence electrons. The van der Waals surface area contributed by atoms with Gasteiger partial charge in [0, 0.05) is 0 Å². The van der Waals surface area contributed by atoms with E-state index in [9.17, 15) is 0 Å². The first kappa shape index (κ1) is 39.9. The molecular weight excluding hydrogens is 531 g/mol. The van der Waals surface area contributed by atoms with Crippen LogP contribution in [0.25, 0.3) is 11.1 Å². The number of halogens is 2. The van der Waals surface area contributed by atoms with E-state index in [0.29, 0.717) is 0 Å². The van der Waals surface area contributed by atoms with E-state index in [1.54, 1.807) is 0 Å². The monoisotopic (exact) mass is 578 g/mol. The van der Waals surface area contributed by atoms with E-state index in [0.717, 1.165) is 19.3 Å². The zero-order valence-corrected chi connectivity index (χ0v) is 28.9. The zero-order valence-electron chi connectivity index (χ0n) is 24.3. The van der Waals surface area contributed by atoms with E-state index in [4.69, 9.17) is 0 Å². The molecule has 0 N–H and O–H groups in total. The zero-order chi connectivity index (χ0) is 24.1. The van der Waals surface area contributed by atoms with E-state index in [-0.39, 0.29) is 50.5 Å². The third kappa shape index (κ3) is 9.96. The quantitative estimate of drug-likeness (QED) is 0.210. The number of hydrogen-bond donors (Lipinski definition) is 0. The maximum atomic E-state index is 3.67. The average Bonchev–Trinajstić information content (AvgIpc) is 3.37. The summed E-state index contributed by atoms with van der Waals surface area (Å²) in [6.07, 6.45) is 10.0. The number of hydrogen-bond acceptors (Lipinski definition) is 0. The van der Waals surface area contributed by atoms with Gasteiger partial charge in [0.05, 0.1) is 0 Å². The van der Waals surface area contributed by atoms with Crippen LogP contribution >= 0.6 is 24.8 Å². The van der Waals surface area contributed by atoms with Crippen molar-refractivity contribution in [2.75, 3.05) is 0 Å². The molecule has 0 saturated heterocycles. The van der Waals surface area contributed by atoms with Crippen molar-refractivity contribution in [2.24, 2.45) is 0 Å². The van der Waals surface area contributed by atoms with Crippen LogP contribution in [0.2, 0.25) is 0 Å². The summed E-state index contributed by atoms with van der Waals surface area (Å²) in [6.45, 7) is 18.0. The molecule has 2 aliphatic rings. The van der Waals surface area contributed by atoms with Crippen LogP contribution in [0.3, 0.4) is 0 Å².